The number of ether oxygens (including phenoxy) is 3. The Labute approximate surface area is 404 Å². The largest absolute Gasteiger partial charge is 0.373 e. The van der Waals surface area contributed by atoms with Crippen molar-refractivity contribution >= 4 is 0 Å². The van der Waals surface area contributed by atoms with Gasteiger partial charge in [-0.05, 0) is 132 Å². The Kier molecular flexibility index (Phi) is 12.0. The summed E-state index contributed by atoms with van der Waals surface area (Å²) < 4.78 is 22.5. The van der Waals surface area contributed by atoms with Gasteiger partial charge in [-0.15, -0.1) is 0 Å². The minimum Gasteiger partial charge on any atom is -0.373 e. The number of benzene rings is 5. The Morgan fingerprint density at radius 3 is 1.61 bits per heavy atom. The summed E-state index contributed by atoms with van der Waals surface area (Å²) >= 11 is 0. The van der Waals surface area contributed by atoms with E-state index in [1.165, 1.54) is 49.7 Å². The van der Waals surface area contributed by atoms with Gasteiger partial charge in [-0.2, -0.15) is 0 Å². The first kappa shape index (κ1) is 46.4. The monoisotopic (exact) mass is 895 g/mol. The van der Waals surface area contributed by atoms with Crippen LogP contribution in [0.25, 0.3) is 0 Å². The number of allylic oxidation sites excluding steroid dienone is 2. The molecule has 5 aliphatic rings. The molecule has 3 heteroatoms. The molecule has 0 amide bonds. The van der Waals surface area contributed by atoms with Crippen LogP contribution in [0.4, 0.5) is 0 Å². The molecule has 4 fully saturated rings. The van der Waals surface area contributed by atoms with Crippen molar-refractivity contribution in [2.45, 2.75) is 144 Å². The summed E-state index contributed by atoms with van der Waals surface area (Å²) in [6.45, 7) is 22.8. The molecule has 4 saturated carbocycles. The van der Waals surface area contributed by atoms with E-state index in [-0.39, 0.29) is 44.2 Å². The van der Waals surface area contributed by atoms with E-state index in [4.69, 9.17) is 14.2 Å². The van der Waals surface area contributed by atoms with E-state index in [2.05, 4.69) is 213 Å². The Hall–Kier alpha value is -4.28. The zero-order valence-corrected chi connectivity index (χ0v) is 42.0. The highest BCUT2D eigenvalue weighted by Gasteiger charge is 2.71. The van der Waals surface area contributed by atoms with Crippen LogP contribution in [-0.2, 0) is 33.0 Å². The maximum atomic E-state index is 7.93. The summed E-state index contributed by atoms with van der Waals surface area (Å²) in [7, 11) is 0. The lowest BCUT2D eigenvalue weighted by atomic mass is 9.33. The van der Waals surface area contributed by atoms with Gasteiger partial charge in [-0.3, -0.25) is 0 Å². The van der Waals surface area contributed by atoms with Crippen LogP contribution in [0, 0.1) is 50.2 Å². The molecule has 0 aliphatic heterocycles. The smallest absolute Gasteiger partial charge is 0.143 e. The minimum atomic E-state index is -0.800. The molecule has 0 unspecified atom stereocenters. The fourth-order valence-corrected chi connectivity index (χ4v) is 16.3. The third-order valence-corrected chi connectivity index (χ3v) is 20.2. The Bertz CT molecular complexity index is 2410. The van der Waals surface area contributed by atoms with Crippen LogP contribution in [0.15, 0.2) is 163 Å². The van der Waals surface area contributed by atoms with Crippen LogP contribution < -0.4 is 0 Å². The molecule has 10 rings (SSSR count). The third kappa shape index (κ3) is 7.55. The second kappa shape index (κ2) is 17.3. The first-order valence-electron chi connectivity index (χ1n) is 25.9. The molecule has 3 nitrogen and oxygen atoms in total. The number of rotatable bonds is 12. The number of hydrogen-bond acceptors (Lipinski definition) is 3. The fourth-order valence-electron chi connectivity index (χ4n) is 16.3. The van der Waals surface area contributed by atoms with Crippen LogP contribution in [0.2, 0.25) is 0 Å². The normalized spacial score (nSPS) is 35.6. The standard InChI is InChI=1S/C64H78O3/c1-57(2)42-53-52-34-35-55-58(3)38-37-56(65-43-47-24-14-9-15-25-47)59(4,46-67-64(49-28-18-11-19-29-49,50-30-20-12-21-31-50)51-32-22-13-23-33-51)54(58)36-39-62(55,7)60(52,5)40-41-61(53,6)63(8,45-57)66-44-48-26-16-10-17-27-48/h9-34,53-56H,35-46H2,1-8H3/t53-,54-,55-,56+,58+,59-,60-,61-,62-,63-/m1/s1. The van der Waals surface area contributed by atoms with Crippen molar-refractivity contribution in [2.24, 2.45) is 50.2 Å². The molecule has 0 radical (unpaired) electrons. The lowest BCUT2D eigenvalue weighted by molar-refractivity contribution is -0.245. The number of hydrogen-bond donors (Lipinski definition) is 0. The molecule has 0 heterocycles. The van der Waals surface area contributed by atoms with E-state index < -0.39 is 5.60 Å². The van der Waals surface area contributed by atoms with Crippen LogP contribution in [0.3, 0.4) is 0 Å². The molecular formula is C64H78O3. The Morgan fingerprint density at radius 1 is 0.537 bits per heavy atom. The lowest BCUT2D eigenvalue weighted by Crippen LogP contribution is -2.67. The summed E-state index contributed by atoms with van der Waals surface area (Å²) in [5, 5.41) is 0. The van der Waals surface area contributed by atoms with Crippen LogP contribution in [-0.4, -0.2) is 18.3 Å². The van der Waals surface area contributed by atoms with E-state index in [0.29, 0.717) is 37.6 Å². The molecular weight excluding hydrogens is 817 g/mol. The molecule has 10 atom stereocenters. The van der Waals surface area contributed by atoms with E-state index in [1.54, 1.807) is 5.57 Å². The van der Waals surface area contributed by atoms with Gasteiger partial charge in [0.2, 0.25) is 0 Å². The predicted molar refractivity (Wildman–Crippen MR) is 274 cm³/mol. The van der Waals surface area contributed by atoms with Crippen molar-refractivity contribution in [1.29, 1.82) is 0 Å². The Balaban J connectivity index is 1.02. The molecule has 5 aliphatic carbocycles. The topological polar surface area (TPSA) is 27.7 Å². The predicted octanol–water partition coefficient (Wildman–Crippen LogP) is 16.0. The van der Waals surface area contributed by atoms with Crippen LogP contribution in [0.1, 0.15) is 141 Å². The van der Waals surface area contributed by atoms with Crippen molar-refractivity contribution in [3.63, 3.8) is 0 Å². The van der Waals surface area contributed by atoms with E-state index >= 15 is 0 Å². The lowest BCUT2D eigenvalue weighted by Gasteiger charge is -2.73. The zero-order valence-electron chi connectivity index (χ0n) is 42.0. The van der Waals surface area contributed by atoms with Crippen LogP contribution >= 0.6 is 0 Å². The summed E-state index contributed by atoms with van der Waals surface area (Å²) in [5.41, 5.74) is 7.13. The van der Waals surface area contributed by atoms with Crippen molar-refractivity contribution in [3.05, 3.63) is 191 Å². The van der Waals surface area contributed by atoms with Gasteiger partial charge in [0, 0.05) is 10.8 Å². The van der Waals surface area contributed by atoms with Crippen molar-refractivity contribution < 1.29 is 14.2 Å². The average Bonchev–Trinajstić information content (AvgIpc) is 3.33. The molecule has 0 spiro atoms. The molecule has 67 heavy (non-hydrogen) atoms. The molecule has 0 bridgehead atoms. The summed E-state index contributed by atoms with van der Waals surface area (Å²) in [6.07, 6.45) is 13.4. The maximum absolute atomic E-state index is 7.93. The second-order valence-electron chi connectivity index (χ2n) is 24.2. The van der Waals surface area contributed by atoms with Gasteiger partial charge in [0.05, 0.1) is 31.5 Å². The van der Waals surface area contributed by atoms with Gasteiger partial charge in [0.1, 0.15) is 5.60 Å². The second-order valence-corrected chi connectivity index (χ2v) is 24.2. The quantitative estimate of drug-likeness (QED) is 0.0922. The molecule has 352 valence electrons. The van der Waals surface area contributed by atoms with Gasteiger partial charge in [0.25, 0.3) is 0 Å². The van der Waals surface area contributed by atoms with Crippen molar-refractivity contribution in [2.75, 3.05) is 6.61 Å². The first-order chi connectivity index (χ1) is 32.1. The highest BCUT2D eigenvalue weighted by Crippen LogP contribution is 2.77. The first-order valence-corrected chi connectivity index (χ1v) is 25.9. The summed E-state index contributed by atoms with van der Waals surface area (Å²) in [6, 6.07) is 54.6. The van der Waals surface area contributed by atoms with Gasteiger partial charge < -0.3 is 14.2 Å². The van der Waals surface area contributed by atoms with Gasteiger partial charge in [-0.1, -0.05) is 212 Å². The third-order valence-electron chi connectivity index (χ3n) is 20.2. The molecule has 0 saturated heterocycles. The summed E-state index contributed by atoms with van der Waals surface area (Å²) in [4.78, 5) is 0. The Morgan fingerprint density at radius 2 is 1.06 bits per heavy atom. The highest BCUT2D eigenvalue weighted by atomic mass is 16.5. The van der Waals surface area contributed by atoms with Gasteiger partial charge in [-0.25, -0.2) is 0 Å². The fraction of sp³-hybridized carbons (Fsp3) is 0.500. The number of fused-ring (bicyclic) bond motifs is 7. The van der Waals surface area contributed by atoms with Gasteiger partial charge >= 0.3 is 0 Å². The van der Waals surface area contributed by atoms with Crippen molar-refractivity contribution in [1.82, 2.24) is 0 Å². The van der Waals surface area contributed by atoms with Crippen LogP contribution in [0.5, 0.6) is 0 Å². The highest BCUT2D eigenvalue weighted by molar-refractivity contribution is 5.47. The van der Waals surface area contributed by atoms with E-state index in [1.807, 2.05) is 0 Å². The molecule has 5 aromatic carbocycles. The average molecular weight is 895 g/mol. The minimum absolute atomic E-state index is 0.0499. The SMILES string of the molecule is CC1(C)C[C@@H]2C3=CC[C@@H]4[C@@]5(C)CC[C@H](OCc6ccccc6)[C@](C)(COC(c6ccccc6)(c6ccccc6)c6ccccc6)[C@@H]5CC[C@@]4(C)[C@]3(C)CC[C@@]2(C)[C@](C)(OCc2ccccc2)C1. The molecule has 5 aromatic rings. The zero-order chi connectivity index (χ0) is 46.8. The summed E-state index contributed by atoms with van der Waals surface area (Å²) in [5.74, 6) is 1.48. The molecule has 0 aromatic heterocycles. The molecule has 0 N–H and O–H groups in total. The van der Waals surface area contributed by atoms with E-state index in [9.17, 15) is 0 Å². The maximum Gasteiger partial charge on any atom is 0.143 e. The van der Waals surface area contributed by atoms with E-state index in [0.717, 1.165) is 36.0 Å². The van der Waals surface area contributed by atoms with Gasteiger partial charge in [0.15, 0.2) is 0 Å². The van der Waals surface area contributed by atoms with Crippen molar-refractivity contribution in [3.8, 4) is 0 Å².